The molecule has 0 saturated heterocycles. The number of aryl methyl sites for hydroxylation is 1. The lowest BCUT2D eigenvalue weighted by atomic mass is 10.0. The van der Waals surface area contributed by atoms with E-state index < -0.39 is 11.9 Å². The molecule has 21 heavy (non-hydrogen) atoms. The van der Waals surface area contributed by atoms with Crippen LogP contribution in [-0.2, 0) is 16.0 Å². The Morgan fingerprint density at radius 3 is 2.71 bits per heavy atom. The predicted octanol–water partition coefficient (Wildman–Crippen LogP) is 2.24. The fourth-order valence-electron chi connectivity index (χ4n) is 1.95. The van der Waals surface area contributed by atoms with Gasteiger partial charge in [-0.15, -0.1) is 0 Å². The molecule has 0 saturated carbocycles. The van der Waals surface area contributed by atoms with Crippen LogP contribution >= 0.6 is 0 Å². The second kappa shape index (κ2) is 9.00. The molecule has 0 aliphatic carbocycles. The molecular formula is C16H23NO4. The predicted molar refractivity (Wildman–Crippen MR) is 80.4 cm³/mol. The number of carbonyl (C=O) groups is 2. The summed E-state index contributed by atoms with van der Waals surface area (Å²) in [6.45, 7) is 4.00. The van der Waals surface area contributed by atoms with Gasteiger partial charge in [0.1, 0.15) is 5.75 Å². The van der Waals surface area contributed by atoms with E-state index >= 15 is 0 Å². The van der Waals surface area contributed by atoms with Gasteiger partial charge in [-0.2, -0.15) is 0 Å². The third-order valence-corrected chi connectivity index (χ3v) is 3.21. The Hall–Kier alpha value is -2.04. The molecule has 0 spiro atoms. The molecule has 0 aromatic heterocycles. The van der Waals surface area contributed by atoms with E-state index in [2.05, 4.69) is 5.32 Å². The fourth-order valence-corrected chi connectivity index (χ4v) is 1.95. The van der Waals surface area contributed by atoms with Crippen LogP contribution in [0.2, 0.25) is 0 Å². The van der Waals surface area contributed by atoms with Crippen molar-refractivity contribution in [1.82, 2.24) is 5.32 Å². The highest BCUT2D eigenvalue weighted by atomic mass is 16.5. The standard InChI is InChI=1S/C16H23NO4/c1-3-6-13(16(19)20)10-17-15(18)11-21-14-8-5-7-12(4-2)9-14/h5,7-9,13H,3-4,6,10-11H2,1-2H3,(H,17,18)(H,19,20). The summed E-state index contributed by atoms with van der Waals surface area (Å²) in [6, 6.07) is 7.57. The van der Waals surface area contributed by atoms with Crippen molar-refractivity contribution in [1.29, 1.82) is 0 Å². The van der Waals surface area contributed by atoms with Crippen LogP contribution in [0.1, 0.15) is 32.3 Å². The van der Waals surface area contributed by atoms with Crippen LogP contribution in [0.5, 0.6) is 5.75 Å². The van der Waals surface area contributed by atoms with Crippen LogP contribution in [0.25, 0.3) is 0 Å². The summed E-state index contributed by atoms with van der Waals surface area (Å²) in [5, 5.41) is 11.6. The van der Waals surface area contributed by atoms with Gasteiger partial charge >= 0.3 is 5.97 Å². The van der Waals surface area contributed by atoms with Gasteiger partial charge in [0.2, 0.25) is 0 Å². The minimum atomic E-state index is -0.881. The van der Waals surface area contributed by atoms with Crippen molar-refractivity contribution in [2.45, 2.75) is 33.1 Å². The number of hydrogen-bond acceptors (Lipinski definition) is 3. The largest absolute Gasteiger partial charge is 0.484 e. The number of rotatable bonds is 9. The van der Waals surface area contributed by atoms with Crippen molar-refractivity contribution in [2.24, 2.45) is 5.92 Å². The zero-order valence-electron chi connectivity index (χ0n) is 12.6. The Balaban J connectivity index is 2.38. The highest BCUT2D eigenvalue weighted by Crippen LogP contribution is 2.13. The number of aliphatic carboxylic acids is 1. The molecule has 1 amide bonds. The molecule has 5 nitrogen and oxygen atoms in total. The van der Waals surface area contributed by atoms with Gasteiger partial charge in [0.25, 0.3) is 5.91 Å². The molecule has 0 heterocycles. The first-order valence-corrected chi connectivity index (χ1v) is 7.28. The smallest absolute Gasteiger partial charge is 0.308 e. The Bertz CT molecular complexity index is 473. The van der Waals surface area contributed by atoms with E-state index in [1.54, 1.807) is 6.07 Å². The number of carbonyl (C=O) groups excluding carboxylic acids is 1. The zero-order valence-corrected chi connectivity index (χ0v) is 12.6. The fraction of sp³-hybridized carbons (Fsp3) is 0.500. The van der Waals surface area contributed by atoms with E-state index in [1.165, 1.54) is 0 Å². The van der Waals surface area contributed by atoms with Crippen molar-refractivity contribution >= 4 is 11.9 Å². The first kappa shape index (κ1) is 17.0. The summed E-state index contributed by atoms with van der Waals surface area (Å²) in [6.07, 6.45) is 2.23. The molecule has 0 radical (unpaired) electrons. The number of carboxylic acids is 1. The summed E-state index contributed by atoms with van der Waals surface area (Å²) >= 11 is 0. The lowest BCUT2D eigenvalue weighted by Gasteiger charge is -2.13. The highest BCUT2D eigenvalue weighted by Gasteiger charge is 2.17. The van der Waals surface area contributed by atoms with Gasteiger partial charge in [-0.3, -0.25) is 9.59 Å². The Kier molecular flexibility index (Phi) is 7.29. The van der Waals surface area contributed by atoms with E-state index in [0.717, 1.165) is 18.4 Å². The van der Waals surface area contributed by atoms with Crippen LogP contribution in [0.4, 0.5) is 0 Å². The molecule has 1 rings (SSSR count). The number of carboxylic acid groups (broad SMARTS) is 1. The van der Waals surface area contributed by atoms with Crippen LogP contribution in [0.3, 0.4) is 0 Å². The van der Waals surface area contributed by atoms with Crippen LogP contribution in [0, 0.1) is 5.92 Å². The minimum Gasteiger partial charge on any atom is -0.484 e. The molecular weight excluding hydrogens is 270 g/mol. The Morgan fingerprint density at radius 2 is 2.10 bits per heavy atom. The Morgan fingerprint density at radius 1 is 1.33 bits per heavy atom. The second-order valence-corrected chi connectivity index (χ2v) is 4.92. The van der Waals surface area contributed by atoms with Gasteiger partial charge in [-0.25, -0.2) is 0 Å². The van der Waals surface area contributed by atoms with Crippen molar-refractivity contribution < 1.29 is 19.4 Å². The van der Waals surface area contributed by atoms with Gasteiger partial charge in [0, 0.05) is 6.54 Å². The molecule has 1 unspecified atom stereocenters. The minimum absolute atomic E-state index is 0.106. The summed E-state index contributed by atoms with van der Waals surface area (Å²) in [5.74, 6) is -1.08. The van der Waals surface area contributed by atoms with Gasteiger partial charge in [-0.05, 0) is 30.5 Å². The molecule has 1 aromatic carbocycles. The lowest BCUT2D eigenvalue weighted by Crippen LogP contribution is -2.35. The highest BCUT2D eigenvalue weighted by molar-refractivity contribution is 5.78. The van der Waals surface area contributed by atoms with Crippen molar-refractivity contribution in [2.75, 3.05) is 13.2 Å². The maximum absolute atomic E-state index is 11.7. The average molecular weight is 293 g/mol. The van der Waals surface area contributed by atoms with E-state index in [-0.39, 0.29) is 19.1 Å². The number of amides is 1. The molecule has 2 N–H and O–H groups in total. The molecule has 1 atom stereocenters. The van der Waals surface area contributed by atoms with Crippen LogP contribution < -0.4 is 10.1 Å². The SMILES string of the molecule is CCCC(CNC(=O)COc1cccc(CC)c1)C(=O)O. The second-order valence-electron chi connectivity index (χ2n) is 4.92. The van der Waals surface area contributed by atoms with Gasteiger partial charge < -0.3 is 15.2 Å². The first-order valence-electron chi connectivity index (χ1n) is 7.28. The number of ether oxygens (including phenoxy) is 1. The van der Waals surface area contributed by atoms with Crippen molar-refractivity contribution in [3.05, 3.63) is 29.8 Å². The third kappa shape index (κ3) is 6.29. The van der Waals surface area contributed by atoms with Gasteiger partial charge in [-0.1, -0.05) is 32.4 Å². The monoisotopic (exact) mass is 293 g/mol. The normalized spacial score (nSPS) is 11.7. The number of nitrogens with one attached hydrogen (secondary N) is 1. The maximum atomic E-state index is 11.7. The van der Waals surface area contributed by atoms with Gasteiger partial charge in [0.05, 0.1) is 5.92 Å². The summed E-state index contributed by atoms with van der Waals surface area (Å²) < 4.78 is 5.40. The quantitative estimate of drug-likeness (QED) is 0.732. The molecule has 0 fully saturated rings. The Labute approximate surface area is 125 Å². The lowest BCUT2D eigenvalue weighted by molar-refractivity contribution is -0.142. The molecule has 116 valence electrons. The third-order valence-electron chi connectivity index (χ3n) is 3.21. The zero-order chi connectivity index (χ0) is 15.7. The maximum Gasteiger partial charge on any atom is 0.308 e. The molecule has 0 aliphatic heterocycles. The van der Waals surface area contributed by atoms with Crippen molar-refractivity contribution in [3.63, 3.8) is 0 Å². The number of hydrogen-bond donors (Lipinski definition) is 2. The van der Waals surface area contributed by atoms with E-state index in [1.807, 2.05) is 32.0 Å². The van der Waals surface area contributed by atoms with Crippen LogP contribution in [-0.4, -0.2) is 30.1 Å². The summed E-state index contributed by atoms with van der Waals surface area (Å²) in [5.41, 5.74) is 1.14. The van der Waals surface area contributed by atoms with Gasteiger partial charge in [0.15, 0.2) is 6.61 Å². The van der Waals surface area contributed by atoms with Crippen molar-refractivity contribution in [3.8, 4) is 5.75 Å². The number of benzene rings is 1. The topological polar surface area (TPSA) is 75.6 Å². The average Bonchev–Trinajstić information content (AvgIpc) is 2.49. The summed E-state index contributed by atoms with van der Waals surface area (Å²) in [7, 11) is 0. The first-order chi connectivity index (χ1) is 10.1. The van der Waals surface area contributed by atoms with E-state index in [0.29, 0.717) is 12.2 Å². The van der Waals surface area contributed by atoms with Crippen LogP contribution in [0.15, 0.2) is 24.3 Å². The van der Waals surface area contributed by atoms with E-state index in [4.69, 9.17) is 9.84 Å². The molecule has 5 heteroatoms. The molecule has 0 bridgehead atoms. The summed E-state index contributed by atoms with van der Waals surface area (Å²) in [4.78, 5) is 22.6. The molecule has 1 aromatic rings. The molecule has 0 aliphatic rings. The van der Waals surface area contributed by atoms with E-state index in [9.17, 15) is 9.59 Å².